The molecule has 1 atom stereocenters. The number of likely N-dealkylation sites (tertiary alicyclic amines) is 1. The number of nitrogens with one attached hydrogen (secondary N) is 1. The van der Waals surface area contributed by atoms with E-state index in [0.717, 1.165) is 70.5 Å². The van der Waals surface area contributed by atoms with Crippen LogP contribution in [0, 0.1) is 11.8 Å². The van der Waals surface area contributed by atoms with Crippen LogP contribution >= 0.6 is 0 Å². The quantitative estimate of drug-likeness (QED) is 0.381. The molecule has 2 fully saturated rings. The highest BCUT2D eigenvalue weighted by Gasteiger charge is 2.23. The number of guanidine groups is 1. The molecule has 132 valence electrons. The van der Waals surface area contributed by atoms with Crippen molar-refractivity contribution in [2.45, 2.75) is 45.4 Å². The second-order valence-electron chi connectivity index (χ2n) is 6.73. The summed E-state index contributed by atoms with van der Waals surface area (Å²) in [4.78, 5) is 18.1. The molecule has 1 unspecified atom stereocenters. The van der Waals surface area contributed by atoms with Crippen molar-refractivity contribution >= 4 is 11.9 Å². The maximum absolute atomic E-state index is 11.1. The third-order valence-corrected chi connectivity index (χ3v) is 4.40. The lowest BCUT2D eigenvalue weighted by Crippen LogP contribution is -2.47. The smallest absolute Gasteiger partial charge is 0.217 e. The number of nitrogens with two attached hydrogens (primary N) is 1. The summed E-state index contributed by atoms with van der Waals surface area (Å²) in [6, 6.07) is 0. The van der Waals surface area contributed by atoms with E-state index < -0.39 is 0 Å². The van der Waals surface area contributed by atoms with Crippen LogP contribution < -0.4 is 11.1 Å². The zero-order chi connectivity index (χ0) is 16.5. The van der Waals surface area contributed by atoms with E-state index in [1.165, 1.54) is 12.8 Å². The maximum atomic E-state index is 11.1. The number of carbonyl (C=O) groups is 1. The van der Waals surface area contributed by atoms with Gasteiger partial charge in [0.25, 0.3) is 0 Å². The van der Waals surface area contributed by atoms with Crippen LogP contribution in [0.2, 0.25) is 0 Å². The second-order valence-corrected chi connectivity index (χ2v) is 6.73. The van der Waals surface area contributed by atoms with Crippen LogP contribution in [0.5, 0.6) is 0 Å². The summed E-state index contributed by atoms with van der Waals surface area (Å²) in [6.45, 7) is 7.30. The fraction of sp³-hybridized carbons (Fsp3) is 0.882. The van der Waals surface area contributed by atoms with Gasteiger partial charge >= 0.3 is 0 Å². The molecule has 0 aromatic rings. The van der Waals surface area contributed by atoms with Gasteiger partial charge in [-0.1, -0.05) is 0 Å². The van der Waals surface area contributed by atoms with Crippen molar-refractivity contribution in [3.63, 3.8) is 0 Å². The van der Waals surface area contributed by atoms with Crippen molar-refractivity contribution < 1.29 is 9.53 Å². The van der Waals surface area contributed by atoms with E-state index in [2.05, 4.69) is 17.1 Å². The molecular formula is C17H32N4O2. The lowest BCUT2D eigenvalue weighted by molar-refractivity contribution is -0.119. The Bertz CT molecular complexity index is 396. The number of aliphatic imine (C=N–C) groups is 1. The fourth-order valence-electron chi connectivity index (χ4n) is 3.02. The third kappa shape index (κ3) is 7.20. The van der Waals surface area contributed by atoms with Crippen LogP contribution in [0.25, 0.3) is 0 Å². The molecular weight excluding hydrogens is 292 g/mol. The van der Waals surface area contributed by atoms with Crippen LogP contribution in [0.1, 0.15) is 45.4 Å². The van der Waals surface area contributed by atoms with Gasteiger partial charge in [-0.05, 0) is 50.9 Å². The normalized spacial score (nSPS) is 22.2. The van der Waals surface area contributed by atoms with Crippen molar-refractivity contribution in [1.82, 2.24) is 10.2 Å². The summed E-state index contributed by atoms with van der Waals surface area (Å²) in [5.74, 6) is 1.94. The minimum atomic E-state index is -0.202. The Morgan fingerprint density at radius 3 is 2.87 bits per heavy atom. The first kappa shape index (κ1) is 18.0. The van der Waals surface area contributed by atoms with E-state index in [0.29, 0.717) is 12.3 Å². The number of nitrogens with zero attached hydrogens (tertiary/aromatic N) is 2. The zero-order valence-corrected chi connectivity index (χ0v) is 14.4. The molecule has 1 saturated heterocycles. The number of hydrogen-bond acceptors (Lipinski definition) is 3. The molecule has 6 nitrogen and oxygen atoms in total. The number of amides is 1. The van der Waals surface area contributed by atoms with Crippen molar-refractivity contribution in [2.75, 3.05) is 39.4 Å². The Labute approximate surface area is 139 Å². The summed E-state index contributed by atoms with van der Waals surface area (Å²) in [5, 5.41) is 3.36. The van der Waals surface area contributed by atoms with Crippen molar-refractivity contribution in [2.24, 2.45) is 22.6 Å². The molecule has 0 bridgehead atoms. The highest BCUT2D eigenvalue weighted by Crippen LogP contribution is 2.28. The molecule has 1 aliphatic heterocycles. The minimum absolute atomic E-state index is 0.202. The molecule has 1 saturated carbocycles. The number of carbonyl (C=O) groups excluding carboxylic acids is 1. The lowest BCUT2D eigenvalue weighted by atomic mass is 9.95. The van der Waals surface area contributed by atoms with E-state index in [4.69, 9.17) is 15.5 Å². The van der Waals surface area contributed by atoms with Gasteiger partial charge in [0.1, 0.15) is 0 Å². The first-order valence-electron chi connectivity index (χ1n) is 9.08. The van der Waals surface area contributed by atoms with Crippen molar-refractivity contribution in [1.29, 1.82) is 0 Å². The third-order valence-electron chi connectivity index (χ3n) is 4.40. The Kier molecular flexibility index (Phi) is 7.65. The SMILES string of the molecule is CCNC(=NCCCOCC1CC1)N1CCCC(CC(N)=O)C1. The Morgan fingerprint density at radius 2 is 2.17 bits per heavy atom. The minimum Gasteiger partial charge on any atom is -0.381 e. The van der Waals surface area contributed by atoms with Crippen molar-refractivity contribution in [3.05, 3.63) is 0 Å². The Morgan fingerprint density at radius 1 is 1.35 bits per heavy atom. The summed E-state index contributed by atoms with van der Waals surface area (Å²) in [7, 11) is 0. The fourth-order valence-corrected chi connectivity index (χ4v) is 3.02. The molecule has 1 heterocycles. The predicted molar refractivity (Wildman–Crippen MR) is 92.2 cm³/mol. The number of hydrogen-bond donors (Lipinski definition) is 2. The van der Waals surface area contributed by atoms with Gasteiger partial charge in [0.2, 0.25) is 5.91 Å². The van der Waals surface area contributed by atoms with Crippen LogP contribution in [-0.2, 0) is 9.53 Å². The van der Waals surface area contributed by atoms with Crippen molar-refractivity contribution in [3.8, 4) is 0 Å². The second kappa shape index (κ2) is 9.75. The Hall–Kier alpha value is -1.30. The van der Waals surface area contributed by atoms with Gasteiger partial charge < -0.3 is 20.7 Å². The largest absolute Gasteiger partial charge is 0.381 e. The van der Waals surface area contributed by atoms with E-state index in [9.17, 15) is 4.79 Å². The van der Waals surface area contributed by atoms with Gasteiger partial charge in [0.15, 0.2) is 5.96 Å². The topological polar surface area (TPSA) is 80.0 Å². The summed E-state index contributed by atoms with van der Waals surface area (Å²) in [5.41, 5.74) is 5.34. The van der Waals surface area contributed by atoms with Gasteiger partial charge in [-0.2, -0.15) is 0 Å². The molecule has 6 heteroatoms. The standard InChI is InChI=1S/C17H32N4O2/c1-2-19-17(20-8-4-10-23-13-14-6-7-14)21-9-3-5-15(12-21)11-16(18)22/h14-15H,2-13H2,1H3,(H2,18,22)(H,19,20). The molecule has 0 radical (unpaired) electrons. The number of piperidine rings is 1. The average Bonchev–Trinajstić information content (AvgIpc) is 3.33. The van der Waals surface area contributed by atoms with E-state index in [-0.39, 0.29) is 5.91 Å². The monoisotopic (exact) mass is 324 g/mol. The van der Waals surface area contributed by atoms with E-state index >= 15 is 0 Å². The molecule has 3 N–H and O–H groups in total. The number of rotatable bonds is 9. The molecule has 1 amide bonds. The molecule has 0 aromatic carbocycles. The Balaban J connectivity index is 1.73. The van der Waals surface area contributed by atoms with Gasteiger partial charge in [0, 0.05) is 45.8 Å². The molecule has 2 aliphatic rings. The molecule has 2 rings (SSSR count). The summed E-state index contributed by atoms with van der Waals surface area (Å²) in [6.07, 6.45) is 6.28. The lowest BCUT2D eigenvalue weighted by Gasteiger charge is -2.34. The van der Waals surface area contributed by atoms with E-state index in [1.54, 1.807) is 0 Å². The molecule has 0 aromatic heterocycles. The maximum Gasteiger partial charge on any atom is 0.217 e. The predicted octanol–water partition coefficient (Wildman–Crippen LogP) is 1.36. The first-order valence-corrected chi connectivity index (χ1v) is 9.08. The van der Waals surface area contributed by atoms with Crippen LogP contribution in [-0.4, -0.2) is 56.2 Å². The number of primary amides is 1. The summed E-state index contributed by atoms with van der Waals surface area (Å²) >= 11 is 0. The highest BCUT2D eigenvalue weighted by atomic mass is 16.5. The molecule has 23 heavy (non-hydrogen) atoms. The van der Waals surface area contributed by atoms with E-state index in [1.807, 2.05) is 0 Å². The molecule has 0 spiro atoms. The van der Waals surface area contributed by atoms with Gasteiger partial charge in [0.05, 0.1) is 0 Å². The summed E-state index contributed by atoms with van der Waals surface area (Å²) < 4.78 is 5.65. The first-order chi connectivity index (χ1) is 11.2. The van der Waals surface area contributed by atoms with Crippen LogP contribution in [0.3, 0.4) is 0 Å². The van der Waals surface area contributed by atoms with Crippen LogP contribution in [0.15, 0.2) is 4.99 Å². The van der Waals surface area contributed by atoms with Gasteiger partial charge in [-0.15, -0.1) is 0 Å². The zero-order valence-electron chi connectivity index (χ0n) is 14.4. The highest BCUT2D eigenvalue weighted by molar-refractivity contribution is 5.80. The average molecular weight is 324 g/mol. The number of ether oxygens (including phenoxy) is 1. The van der Waals surface area contributed by atoms with Gasteiger partial charge in [-0.25, -0.2) is 0 Å². The molecule has 1 aliphatic carbocycles. The van der Waals surface area contributed by atoms with Crippen LogP contribution in [0.4, 0.5) is 0 Å². The van der Waals surface area contributed by atoms with Gasteiger partial charge in [-0.3, -0.25) is 9.79 Å².